The number of hydrogen-bond donors (Lipinski definition) is 1. The molecule has 0 radical (unpaired) electrons. The van der Waals surface area contributed by atoms with Gasteiger partial charge in [-0.05, 0) is 43.2 Å². The van der Waals surface area contributed by atoms with Crippen LogP contribution in [-0.4, -0.2) is 26.1 Å². The molecule has 1 aromatic carbocycles. The summed E-state index contributed by atoms with van der Waals surface area (Å²) in [5.41, 5.74) is 2.26. The normalized spacial score (nSPS) is 11.4. The van der Waals surface area contributed by atoms with Gasteiger partial charge in [-0.25, -0.2) is 9.37 Å². The summed E-state index contributed by atoms with van der Waals surface area (Å²) in [6.45, 7) is 6.44. The summed E-state index contributed by atoms with van der Waals surface area (Å²) < 4.78 is 14.6. The van der Waals surface area contributed by atoms with E-state index in [1.807, 2.05) is 26.8 Å². The lowest BCUT2D eigenvalue weighted by Gasteiger charge is -2.13. The van der Waals surface area contributed by atoms with E-state index in [1.165, 1.54) is 36.0 Å². The molecule has 0 amide bonds. The number of ketones is 1. The van der Waals surface area contributed by atoms with Crippen LogP contribution in [0.25, 0.3) is 11.0 Å². The van der Waals surface area contributed by atoms with Crippen LogP contribution < -0.4 is 5.56 Å². The van der Waals surface area contributed by atoms with Gasteiger partial charge in [-0.2, -0.15) is 0 Å². The van der Waals surface area contributed by atoms with Crippen molar-refractivity contribution in [3.05, 3.63) is 57.8 Å². The Hall–Kier alpha value is -2.41. The summed E-state index contributed by atoms with van der Waals surface area (Å²) in [7, 11) is 0. The molecule has 0 atom stereocenters. The largest absolute Gasteiger partial charge is 0.353 e. The van der Waals surface area contributed by atoms with Gasteiger partial charge in [-0.3, -0.25) is 14.2 Å². The summed E-state index contributed by atoms with van der Waals surface area (Å²) in [4.78, 5) is 32.8. The fraction of sp³-hybridized carbons (Fsp3) is 0.316. The van der Waals surface area contributed by atoms with E-state index in [4.69, 9.17) is 0 Å². The topological polar surface area (TPSA) is 67.8 Å². The van der Waals surface area contributed by atoms with Crippen molar-refractivity contribution in [3.63, 3.8) is 0 Å². The molecule has 0 bridgehead atoms. The lowest BCUT2D eigenvalue weighted by atomic mass is 10.1. The Balaban J connectivity index is 1.91. The summed E-state index contributed by atoms with van der Waals surface area (Å²) in [5.74, 6) is -0.124. The minimum Gasteiger partial charge on any atom is -0.353 e. The summed E-state index contributed by atoms with van der Waals surface area (Å²) in [6, 6.07) is 7.28. The molecule has 1 N–H and O–H groups in total. The van der Waals surface area contributed by atoms with Gasteiger partial charge in [-0.1, -0.05) is 25.6 Å². The zero-order valence-electron chi connectivity index (χ0n) is 14.9. The second kappa shape index (κ2) is 7.45. The second-order valence-corrected chi connectivity index (χ2v) is 7.58. The van der Waals surface area contributed by atoms with Gasteiger partial charge in [0.1, 0.15) is 11.3 Å². The first kappa shape index (κ1) is 18.4. The molecular formula is C19H20FN3O2S. The highest BCUT2D eigenvalue weighted by atomic mass is 32.2. The van der Waals surface area contributed by atoms with Crippen LogP contribution in [0.5, 0.6) is 0 Å². The number of carbonyl (C=O) groups excluding carboxylic acids is 1. The average molecular weight is 373 g/mol. The average Bonchev–Trinajstić information content (AvgIpc) is 2.96. The van der Waals surface area contributed by atoms with Crippen molar-refractivity contribution < 1.29 is 9.18 Å². The number of hydrogen-bond acceptors (Lipinski definition) is 4. The number of benzene rings is 1. The van der Waals surface area contributed by atoms with Crippen LogP contribution in [0.3, 0.4) is 0 Å². The van der Waals surface area contributed by atoms with Crippen molar-refractivity contribution in [1.82, 2.24) is 14.5 Å². The highest BCUT2D eigenvalue weighted by molar-refractivity contribution is 7.99. The van der Waals surface area contributed by atoms with Crippen molar-refractivity contribution in [3.8, 4) is 0 Å². The minimum absolute atomic E-state index is 0.130. The van der Waals surface area contributed by atoms with E-state index < -0.39 is 0 Å². The number of thioether (sulfide) groups is 1. The van der Waals surface area contributed by atoms with E-state index in [-0.39, 0.29) is 28.8 Å². The van der Waals surface area contributed by atoms with Gasteiger partial charge >= 0.3 is 0 Å². The lowest BCUT2D eigenvalue weighted by molar-refractivity contribution is 0.102. The molecule has 3 rings (SSSR count). The number of aromatic amines is 1. The predicted molar refractivity (Wildman–Crippen MR) is 101 cm³/mol. The zero-order chi connectivity index (χ0) is 18.8. The molecular weight excluding hydrogens is 353 g/mol. The smallest absolute Gasteiger partial charge is 0.278 e. The van der Waals surface area contributed by atoms with Gasteiger partial charge in [-0.15, -0.1) is 0 Å². The number of rotatable bonds is 6. The maximum atomic E-state index is 13.0. The number of Topliss-reactive ketones (excluding diaryl/α,β-unsaturated/α-hetero) is 1. The van der Waals surface area contributed by atoms with Gasteiger partial charge in [0.05, 0.1) is 11.3 Å². The first-order valence-corrected chi connectivity index (χ1v) is 9.35. The van der Waals surface area contributed by atoms with Gasteiger partial charge in [0, 0.05) is 17.8 Å². The van der Waals surface area contributed by atoms with Gasteiger partial charge in [0.2, 0.25) is 0 Å². The Kier molecular flexibility index (Phi) is 5.27. The van der Waals surface area contributed by atoms with Crippen LogP contribution in [0.15, 0.2) is 40.3 Å². The second-order valence-electron chi connectivity index (χ2n) is 6.64. The molecule has 0 saturated heterocycles. The maximum absolute atomic E-state index is 13.0. The summed E-state index contributed by atoms with van der Waals surface area (Å²) in [6.07, 6.45) is 0. The summed E-state index contributed by atoms with van der Waals surface area (Å²) >= 11 is 1.23. The van der Waals surface area contributed by atoms with Gasteiger partial charge < -0.3 is 4.98 Å². The standard InChI is InChI=1S/C19H20FN3O2S/c1-11(2)9-23-18(25)17-15(8-12(3)21-17)22-19(23)26-10-16(24)13-4-6-14(20)7-5-13/h4-8,11,21H,9-10H2,1-3H3. The molecule has 3 aromatic rings. The predicted octanol–water partition coefficient (Wildman–Crippen LogP) is 3.80. The van der Waals surface area contributed by atoms with Crippen LogP contribution in [0.2, 0.25) is 0 Å². The van der Waals surface area contributed by atoms with Crippen LogP contribution in [0, 0.1) is 18.7 Å². The first-order valence-electron chi connectivity index (χ1n) is 8.37. The van der Waals surface area contributed by atoms with Gasteiger partial charge in [0.15, 0.2) is 10.9 Å². The molecule has 0 aliphatic rings. The highest BCUT2D eigenvalue weighted by Crippen LogP contribution is 2.20. The lowest BCUT2D eigenvalue weighted by Crippen LogP contribution is -2.25. The Bertz CT molecular complexity index is 1010. The van der Waals surface area contributed by atoms with Crippen molar-refractivity contribution in [2.45, 2.75) is 32.5 Å². The number of fused-ring (bicyclic) bond motifs is 1. The Labute approximate surface area is 154 Å². The van der Waals surface area contributed by atoms with E-state index in [9.17, 15) is 14.0 Å². The fourth-order valence-electron chi connectivity index (χ4n) is 2.70. The van der Waals surface area contributed by atoms with Crippen molar-refractivity contribution in [2.24, 2.45) is 5.92 Å². The molecule has 0 saturated carbocycles. The molecule has 0 aliphatic carbocycles. The van der Waals surface area contributed by atoms with Crippen LogP contribution in [0.1, 0.15) is 29.9 Å². The van der Waals surface area contributed by atoms with Crippen molar-refractivity contribution in [1.29, 1.82) is 0 Å². The highest BCUT2D eigenvalue weighted by Gasteiger charge is 2.16. The Morgan fingerprint density at radius 3 is 2.65 bits per heavy atom. The monoisotopic (exact) mass is 373 g/mol. The number of aryl methyl sites for hydroxylation is 1. The number of halogens is 1. The molecule has 0 fully saturated rings. The summed E-state index contributed by atoms with van der Waals surface area (Å²) in [5, 5.41) is 0.519. The third-order valence-corrected chi connectivity index (χ3v) is 4.86. The van der Waals surface area contributed by atoms with Crippen LogP contribution in [0.4, 0.5) is 4.39 Å². The third-order valence-electron chi connectivity index (χ3n) is 3.88. The quantitative estimate of drug-likeness (QED) is 0.405. The van der Waals surface area contributed by atoms with Crippen LogP contribution in [-0.2, 0) is 6.54 Å². The maximum Gasteiger partial charge on any atom is 0.278 e. The molecule has 2 aromatic heterocycles. The zero-order valence-corrected chi connectivity index (χ0v) is 15.7. The first-order chi connectivity index (χ1) is 12.3. The minimum atomic E-state index is -0.380. The number of aromatic nitrogens is 3. The molecule has 0 unspecified atom stereocenters. The fourth-order valence-corrected chi connectivity index (χ4v) is 3.60. The van der Waals surface area contributed by atoms with E-state index >= 15 is 0 Å². The molecule has 5 nitrogen and oxygen atoms in total. The SMILES string of the molecule is Cc1cc2nc(SCC(=O)c3ccc(F)cc3)n(CC(C)C)c(=O)c2[nH]1. The molecule has 7 heteroatoms. The number of nitrogens with zero attached hydrogens (tertiary/aromatic N) is 2. The van der Waals surface area contributed by atoms with Crippen molar-refractivity contribution in [2.75, 3.05) is 5.75 Å². The number of H-pyrrole nitrogens is 1. The molecule has 0 spiro atoms. The van der Waals surface area contributed by atoms with Gasteiger partial charge in [0.25, 0.3) is 5.56 Å². The van der Waals surface area contributed by atoms with E-state index in [2.05, 4.69) is 9.97 Å². The Morgan fingerprint density at radius 1 is 1.31 bits per heavy atom. The number of carbonyl (C=O) groups is 1. The van der Waals surface area contributed by atoms with Crippen molar-refractivity contribution >= 4 is 28.6 Å². The number of nitrogens with one attached hydrogen (secondary N) is 1. The Morgan fingerprint density at radius 2 is 2.00 bits per heavy atom. The van der Waals surface area contributed by atoms with E-state index in [0.29, 0.717) is 28.3 Å². The van der Waals surface area contributed by atoms with E-state index in [0.717, 1.165) is 5.69 Å². The van der Waals surface area contributed by atoms with E-state index in [1.54, 1.807) is 4.57 Å². The molecule has 26 heavy (non-hydrogen) atoms. The molecule has 136 valence electrons. The molecule has 2 heterocycles. The van der Waals surface area contributed by atoms with Crippen LogP contribution >= 0.6 is 11.8 Å². The molecule has 0 aliphatic heterocycles. The third kappa shape index (κ3) is 3.88.